The van der Waals surface area contributed by atoms with Gasteiger partial charge < -0.3 is 20.0 Å². The summed E-state index contributed by atoms with van der Waals surface area (Å²) in [6.45, 7) is 6.57. The number of nitrogens with zero attached hydrogens (tertiary/aromatic N) is 3. The van der Waals surface area contributed by atoms with E-state index in [9.17, 15) is 9.59 Å². The first-order valence-corrected chi connectivity index (χ1v) is 13.1. The number of likely N-dealkylation sites (tertiary alicyclic amines) is 1. The van der Waals surface area contributed by atoms with Gasteiger partial charge in [0.2, 0.25) is 5.91 Å². The van der Waals surface area contributed by atoms with Gasteiger partial charge in [-0.15, -0.1) is 11.3 Å². The molecule has 2 heterocycles. The molecule has 35 heavy (non-hydrogen) atoms. The molecular formula is C28H34N4O2S. The molecule has 184 valence electrons. The molecule has 0 atom stereocenters. The van der Waals surface area contributed by atoms with Crippen molar-refractivity contribution in [3.05, 3.63) is 88.1 Å². The highest BCUT2D eigenvalue weighted by molar-refractivity contribution is 7.10. The Labute approximate surface area is 212 Å². The molecule has 1 N–H and O–H groups in total. The Kier molecular flexibility index (Phi) is 8.92. The van der Waals surface area contributed by atoms with Crippen LogP contribution in [0.15, 0.2) is 72.1 Å². The fraction of sp³-hybridized carbons (Fsp3) is 0.357. The lowest BCUT2D eigenvalue weighted by atomic mass is 10.2. The largest absolute Gasteiger partial charge is 0.332 e. The molecule has 0 unspecified atom stereocenters. The normalized spacial score (nSPS) is 13.5. The van der Waals surface area contributed by atoms with Crippen molar-refractivity contribution in [2.45, 2.75) is 32.9 Å². The number of benzene rings is 2. The van der Waals surface area contributed by atoms with Gasteiger partial charge in [0, 0.05) is 30.2 Å². The minimum absolute atomic E-state index is 0.0454. The van der Waals surface area contributed by atoms with Gasteiger partial charge in [-0.3, -0.25) is 4.79 Å². The van der Waals surface area contributed by atoms with Gasteiger partial charge in [0.25, 0.3) is 0 Å². The van der Waals surface area contributed by atoms with Gasteiger partial charge in [-0.05, 0) is 67.6 Å². The summed E-state index contributed by atoms with van der Waals surface area (Å²) in [6.07, 6.45) is 2.39. The third kappa shape index (κ3) is 7.41. The molecule has 1 aliphatic rings. The topological polar surface area (TPSA) is 55.9 Å². The number of hydrogen-bond donors (Lipinski definition) is 1. The number of carbonyl (C=O) groups excluding carboxylic acids is 2. The SMILES string of the molecule is Cc1ccsc1CN(Cc1ccccc1)C(=O)CN(CCN1CCCC1)C(=O)Nc1ccccc1. The maximum Gasteiger partial charge on any atom is 0.322 e. The van der Waals surface area contributed by atoms with E-state index in [2.05, 4.69) is 28.6 Å². The number of hydrogen-bond acceptors (Lipinski definition) is 4. The number of carbonyl (C=O) groups is 2. The molecule has 0 radical (unpaired) electrons. The number of aryl methyl sites for hydroxylation is 1. The van der Waals surface area contributed by atoms with Crippen LogP contribution in [-0.2, 0) is 17.9 Å². The second kappa shape index (κ2) is 12.5. The van der Waals surface area contributed by atoms with E-state index >= 15 is 0 Å². The quantitative estimate of drug-likeness (QED) is 0.424. The van der Waals surface area contributed by atoms with Crippen LogP contribution in [0.3, 0.4) is 0 Å². The van der Waals surface area contributed by atoms with Crippen molar-refractivity contribution in [1.82, 2.24) is 14.7 Å². The Morgan fingerprint density at radius 2 is 1.60 bits per heavy atom. The molecule has 3 aromatic rings. The minimum Gasteiger partial charge on any atom is -0.332 e. The standard InChI is InChI=1S/C28H34N4O2S/c1-23-14-19-35-26(23)21-32(20-24-10-4-2-5-11-24)27(33)22-31(18-17-30-15-8-9-16-30)28(34)29-25-12-6-3-7-13-25/h2-7,10-14,19H,8-9,15-18,20-22H2,1H3,(H,29,34). The number of urea groups is 1. The van der Waals surface area contributed by atoms with Crippen LogP contribution in [0.25, 0.3) is 0 Å². The van der Waals surface area contributed by atoms with Crippen molar-refractivity contribution in [3.8, 4) is 0 Å². The maximum atomic E-state index is 13.6. The molecule has 0 spiro atoms. The van der Waals surface area contributed by atoms with Gasteiger partial charge in [0.1, 0.15) is 6.54 Å². The van der Waals surface area contributed by atoms with Crippen LogP contribution in [0, 0.1) is 6.92 Å². The van der Waals surface area contributed by atoms with Gasteiger partial charge >= 0.3 is 6.03 Å². The Balaban J connectivity index is 1.49. The Morgan fingerprint density at radius 3 is 2.26 bits per heavy atom. The van der Waals surface area contributed by atoms with Crippen LogP contribution in [-0.4, -0.2) is 59.4 Å². The van der Waals surface area contributed by atoms with Crippen LogP contribution < -0.4 is 5.32 Å². The number of rotatable bonds is 10. The molecule has 2 aromatic carbocycles. The van der Waals surface area contributed by atoms with E-state index < -0.39 is 0 Å². The highest BCUT2D eigenvalue weighted by atomic mass is 32.1. The third-order valence-corrected chi connectivity index (χ3v) is 7.40. The average molecular weight is 491 g/mol. The first-order chi connectivity index (χ1) is 17.1. The lowest BCUT2D eigenvalue weighted by Crippen LogP contribution is -2.46. The van der Waals surface area contributed by atoms with Crippen LogP contribution in [0.1, 0.15) is 28.8 Å². The summed E-state index contributed by atoms with van der Waals surface area (Å²) < 4.78 is 0. The van der Waals surface area contributed by atoms with E-state index in [1.165, 1.54) is 23.3 Å². The lowest BCUT2D eigenvalue weighted by molar-refractivity contribution is -0.133. The van der Waals surface area contributed by atoms with Crippen molar-refractivity contribution in [2.24, 2.45) is 0 Å². The summed E-state index contributed by atoms with van der Waals surface area (Å²) in [4.78, 5) is 33.9. The first-order valence-electron chi connectivity index (χ1n) is 12.3. The van der Waals surface area contributed by atoms with Gasteiger partial charge in [-0.2, -0.15) is 0 Å². The molecule has 1 aliphatic heterocycles. The van der Waals surface area contributed by atoms with E-state index in [1.807, 2.05) is 65.6 Å². The molecule has 7 heteroatoms. The second-order valence-corrected chi connectivity index (χ2v) is 10.0. The summed E-state index contributed by atoms with van der Waals surface area (Å²) in [5.41, 5.74) is 2.99. The first kappa shape index (κ1) is 24.9. The molecule has 3 amide bonds. The van der Waals surface area contributed by atoms with Gasteiger partial charge in [0.05, 0.1) is 6.54 Å². The molecule has 4 rings (SSSR count). The zero-order valence-electron chi connectivity index (χ0n) is 20.4. The second-order valence-electron chi connectivity index (χ2n) is 9.03. The van der Waals surface area contributed by atoms with Crippen molar-refractivity contribution in [1.29, 1.82) is 0 Å². The van der Waals surface area contributed by atoms with E-state index in [0.717, 1.165) is 30.9 Å². The predicted molar refractivity (Wildman–Crippen MR) is 142 cm³/mol. The van der Waals surface area contributed by atoms with Crippen molar-refractivity contribution >= 4 is 29.0 Å². The molecular weight excluding hydrogens is 456 g/mol. The highest BCUT2D eigenvalue weighted by Crippen LogP contribution is 2.20. The fourth-order valence-electron chi connectivity index (χ4n) is 4.28. The highest BCUT2D eigenvalue weighted by Gasteiger charge is 2.24. The lowest BCUT2D eigenvalue weighted by Gasteiger charge is -2.29. The molecule has 0 aliphatic carbocycles. The number of thiophene rings is 1. The maximum absolute atomic E-state index is 13.6. The third-order valence-electron chi connectivity index (χ3n) is 6.39. The van der Waals surface area contributed by atoms with Crippen molar-refractivity contribution in [3.63, 3.8) is 0 Å². The monoisotopic (exact) mass is 490 g/mol. The molecule has 1 saturated heterocycles. The fourth-order valence-corrected chi connectivity index (χ4v) is 5.20. The Bertz CT molecular complexity index is 1080. The zero-order valence-corrected chi connectivity index (χ0v) is 21.2. The zero-order chi connectivity index (χ0) is 24.5. The van der Waals surface area contributed by atoms with Crippen LogP contribution in [0.4, 0.5) is 10.5 Å². The summed E-state index contributed by atoms with van der Waals surface area (Å²) >= 11 is 1.67. The van der Waals surface area contributed by atoms with E-state index in [1.54, 1.807) is 16.2 Å². The smallest absolute Gasteiger partial charge is 0.322 e. The molecule has 1 aromatic heterocycles. The Hall–Kier alpha value is -3.16. The summed E-state index contributed by atoms with van der Waals surface area (Å²) in [7, 11) is 0. The van der Waals surface area contributed by atoms with Crippen molar-refractivity contribution < 1.29 is 9.59 Å². The van der Waals surface area contributed by atoms with Crippen LogP contribution in [0.5, 0.6) is 0 Å². The number of nitrogens with one attached hydrogen (secondary N) is 1. The van der Waals surface area contributed by atoms with Gasteiger partial charge in [0.15, 0.2) is 0 Å². The molecule has 0 saturated carbocycles. The number of amides is 3. The van der Waals surface area contributed by atoms with E-state index in [-0.39, 0.29) is 18.5 Å². The van der Waals surface area contributed by atoms with Crippen molar-refractivity contribution in [2.75, 3.05) is 38.0 Å². The molecule has 6 nitrogen and oxygen atoms in total. The summed E-state index contributed by atoms with van der Waals surface area (Å²) in [5.74, 6) is -0.0497. The number of para-hydroxylation sites is 1. The van der Waals surface area contributed by atoms with Crippen LogP contribution >= 0.6 is 11.3 Å². The predicted octanol–water partition coefficient (Wildman–Crippen LogP) is 5.22. The summed E-state index contributed by atoms with van der Waals surface area (Å²) in [6, 6.07) is 21.3. The van der Waals surface area contributed by atoms with Crippen LogP contribution in [0.2, 0.25) is 0 Å². The number of anilines is 1. The van der Waals surface area contributed by atoms with Gasteiger partial charge in [-0.25, -0.2) is 4.79 Å². The van der Waals surface area contributed by atoms with E-state index in [0.29, 0.717) is 19.6 Å². The molecule has 0 bridgehead atoms. The molecule has 1 fully saturated rings. The van der Waals surface area contributed by atoms with E-state index in [4.69, 9.17) is 0 Å². The summed E-state index contributed by atoms with van der Waals surface area (Å²) in [5, 5.41) is 5.03. The minimum atomic E-state index is -0.240. The Morgan fingerprint density at radius 1 is 0.914 bits per heavy atom. The average Bonchev–Trinajstić information content (AvgIpc) is 3.54. The van der Waals surface area contributed by atoms with Gasteiger partial charge in [-0.1, -0.05) is 48.5 Å².